The molecule has 16 heavy (non-hydrogen) atoms. The number of aromatic nitrogens is 3. The van der Waals surface area contributed by atoms with Gasteiger partial charge in [0.1, 0.15) is 5.69 Å². The van der Waals surface area contributed by atoms with E-state index in [1.54, 1.807) is 12.1 Å². The van der Waals surface area contributed by atoms with Crippen molar-refractivity contribution in [2.75, 3.05) is 5.73 Å². The molecule has 0 unspecified atom stereocenters. The molecule has 0 aliphatic rings. The van der Waals surface area contributed by atoms with Crippen LogP contribution in [0, 0.1) is 12.7 Å². The van der Waals surface area contributed by atoms with Gasteiger partial charge in [-0.15, -0.1) is 0 Å². The third kappa shape index (κ3) is 1.94. The van der Waals surface area contributed by atoms with Crippen molar-refractivity contribution >= 4 is 17.4 Å². The molecule has 0 saturated carbocycles. The molecule has 82 valence electrons. The van der Waals surface area contributed by atoms with Crippen LogP contribution in [0.15, 0.2) is 18.3 Å². The molecule has 0 aliphatic carbocycles. The molecule has 2 aromatic rings. The summed E-state index contributed by atoms with van der Waals surface area (Å²) in [5.74, 6) is -0.495. The summed E-state index contributed by atoms with van der Waals surface area (Å²) in [4.78, 5) is 11.8. The Morgan fingerprint density at radius 1 is 1.31 bits per heavy atom. The molecule has 0 atom stereocenters. The number of nitrogen functional groups attached to an aromatic ring is 1. The monoisotopic (exact) mass is 238 g/mol. The van der Waals surface area contributed by atoms with Gasteiger partial charge in [0, 0.05) is 6.20 Å². The van der Waals surface area contributed by atoms with E-state index in [2.05, 4.69) is 15.0 Å². The average Bonchev–Trinajstić information content (AvgIpc) is 2.26. The second-order valence-electron chi connectivity index (χ2n) is 3.19. The zero-order valence-electron chi connectivity index (χ0n) is 8.41. The third-order valence-electron chi connectivity index (χ3n) is 2.00. The predicted octanol–water partition coefficient (Wildman–Crippen LogP) is 2.22. The minimum atomic E-state index is -0.599. The highest BCUT2D eigenvalue weighted by molar-refractivity contribution is 6.30. The summed E-state index contributed by atoms with van der Waals surface area (Å²) in [7, 11) is 0. The molecule has 0 spiro atoms. The number of nitrogens with zero attached hydrogens (tertiary/aromatic N) is 3. The molecule has 4 nitrogen and oxygen atoms in total. The van der Waals surface area contributed by atoms with E-state index in [0.29, 0.717) is 10.7 Å². The maximum atomic E-state index is 13.2. The standard InChI is InChI=1S/C10H8ClFN4/c1-5-8(12)9(13)16-10(15-5)7-3-2-6(11)4-14-7/h2-4H,1H3,(H2,13,15,16). The Labute approximate surface area is 96.3 Å². The van der Waals surface area contributed by atoms with Crippen molar-refractivity contribution in [1.82, 2.24) is 15.0 Å². The minimum absolute atomic E-state index is 0.181. The molecule has 0 aromatic carbocycles. The molecule has 0 radical (unpaired) electrons. The van der Waals surface area contributed by atoms with Gasteiger partial charge in [-0.1, -0.05) is 11.6 Å². The fraction of sp³-hybridized carbons (Fsp3) is 0.100. The number of aryl methyl sites for hydroxylation is 1. The van der Waals surface area contributed by atoms with Crippen LogP contribution < -0.4 is 5.73 Å². The molecule has 6 heteroatoms. The number of anilines is 1. The van der Waals surface area contributed by atoms with E-state index in [1.807, 2.05) is 0 Å². The molecule has 2 N–H and O–H groups in total. The van der Waals surface area contributed by atoms with Gasteiger partial charge in [-0.25, -0.2) is 14.4 Å². The van der Waals surface area contributed by atoms with Gasteiger partial charge < -0.3 is 5.73 Å². The van der Waals surface area contributed by atoms with Crippen molar-refractivity contribution in [3.8, 4) is 11.5 Å². The van der Waals surface area contributed by atoms with Crippen molar-refractivity contribution in [1.29, 1.82) is 0 Å². The lowest BCUT2D eigenvalue weighted by Gasteiger charge is -2.03. The molecular weight excluding hydrogens is 231 g/mol. The number of hydrogen-bond donors (Lipinski definition) is 1. The lowest BCUT2D eigenvalue weighted by atomic mass is 10.3. The number of nitrogens with two attached hydrogens (primary N) is 1. The van der Waals surface area contributed by atoms with Crippen LogP contribution in [0.25, 0.3) is 11.5 Å². The zero-order chi connectivity index (χ0) is 11.7. The van der Waals surface area contributed by atoms with Crippen LogP contribution in [-0.4, -0.2) is 15.0 Å². The van der Waals surface area contributed by atoms with Crippen LogP contribution in [0.4, 0.5) is 10.2 Å². The van der Waals surface area contributed by atoms with Gasteiger partial charge in [0.25, 0.3) is 0 Å². The van der Waals surface area contributed by atoms with Crippen LogP contribution in [0.3, 0.4) is 0 Å². The molecule has 0 fully saturated rings. The summed E-state index contributed by atoms with van der Waals surface area (Å²) >= 11 is 5.70. The number of rotatable bonds is 1. The Balaban J connectivity index is 2.52. The number of halogens is 2. The van der Waals surface area contributed by atoms with Crippen molar-refractivity contribution in [3.63, 3.8) is 0 Å². The van der Waals surface area contributed by atoms with Crippen molar-refractivity contribution in [2.24, 2.45) is 0 Å². The summed E-state index contributed by atoms with van der Waals surface area (Å²) in [5, 5.41) is 0.510. The van der Waals surface area contributed by atoms with E-state index in [4.69, 9.17) is 17.3 Å². The van der Waals surface area contributed by atoms with Gasteiger partial charge >= 0.3 is 0 Å². The second-order valence-corrected chi connectivity index (χ2v) is 3.63. The first-order valence-corrected chi connectivity index (χ1v) is 4.87. The van der Waals surface area contributed by atoms with Crippen molar-refractivity contribution in [2.45, 2.75) is 6.92 Å². The maximum absolute atomic E-state index is 13.2. The number of hydrogen-bond acceptors (Lipinski definition) is 4. The Morgan fingerprint density at radius 3 is 2.62 bits per heavy atom. The second kappa shape index (κ2) is 4.02. The van der Waals surface area contributed by atoms with Crippen LogP contribution in [0.1, 0.15) is 5.69 Å². The van der Waals surface area contributed by atoms with Crippen molar-refractivity contribution in [3.05, 3.63) is 34.9 Å². The van der Waals surface area contributed by atoms with E-state index in [9.17, 15) is 4.39 Å². The van der Waals surface area contributed by atoms with Gasteiger partial charge in [-0.3, -0.25) is 4.98 Å². The molecule has 0 bridgehead atoms. The van der Waals surface area contributed by atoms with Crippen LogP contribution in [0.5, 0.6) is 0 Å². The van der Waals surface area contributed by atoms with Gasteiger partial charge in [0.15, 0.2) is 17.5 Å². The van der Waals surface area contributed by atoms with Crippen LogP contribution in [-0.2, 0) is 0 Å². The Morgan fingerprint density at radius 2 is 2.06 bits per heavy atom. The first kappa shape index (κ1) is 10.8. The molecule has 0 saturated heterocycles. The highest BCUT2D eigenvalue weighted by atomic mass is 35.5. The van der Waals surface area contributed by atoms with Gasteiger partial charge in [0.2, 0.25) is 0 Å². The predicted molar refractivity (Wildman–Crippen MR) is 59.4 cm³/mol. The zero-order valence-corrected chi connectivity index (χ0v) is 9.16. The molecule has 2 heterocycles. The first-order valence-electron chi connectivity index (χ1n) is 4.49. The van der Waals surface area contributed by atoms with E-state index in [0.717, 1.165) is 0 Å². The Bertz CT molecular complexity index is 504. The fourth-order valence-electron chi connectivity index (χ4n) is 1.20. The molecule has 0 amide bonds. The average molecular weight is 239 g/mol. The van der Waals surface area contributed by atoms with E-state index in [1.165, 1.54) is 13.1 Å². The lowest BCUT2D eigenvalue weighted by molar-refractivity contribution is 0.608. The third-order valence-corrected chi connectivity index (χ3v) is 2.22. The Hall–Kier alpha value is -1.75. The summed E-state index contributed by atoms with van der Waals surface area (Å²) in [5.41, 5.74) is 6.10. The maximum Gasteiger partial charge on any atom is 0.186 e. The minimum Gasteiger partial charge on any atom is -0.381 e. The highest BCUT2D eigenvalue weighted by Crippen LogP contribution is 2.18. The van der Waals surface area contributed by atoms with E-state index < -0.39 is 5.82 Å². The van der Waals surface area contributed by atoms with E-state index in [-0.39, 0.29) is 17.3 Å². The molecule has 0 aliphatic heterocycles. The topological polar surface area (TPSA) is 64.7 Å². The number of pyridine rings is 1. The smallest absolute Gasteiger partial charge is 0.186 e. The van der Waals surface area contributed by atoms with Gasteiger partial charge in [-0.05, 0) is 19.1 Å². The summed E-state index contributed by atoms with van der Waals surface area (Å²) < 4.78 is 13.2. The van der Waals surface area contributed by atoms with Gasteiger partial charge in [0.05, 0.1) is 10.7 Å². The summed E-state index contributed by atoms with van der Waals surface area (Å²) in [6, 6.07) is 3.30. The van der Waals surface area contributed by atoms with Gasteiger partial charge in [-0.2, -0.15) is 0 Å². The lowest BCUT2D eigenvalue weighted by Crippen LogP contribution is -2.03. The molecule has 2 aromatic heterocycles. The molecule has 2 rings (SSSR count). The summed E-state index contributed by atoms with van der Waals surface area (Å²) in [6.07, 6.45) is 1.47. The van der Waals surface area contributed by atoms with Crippen LogP contribution in [0.2, 0.25) is 5.02 Å². The van der Waals surface area contributed by atoms with E-state index >= 15 is 0 Å². The van der Waals surface area contributed by atoms with Crippen molar-refractivity contribution < 1.29 is 4.39 Å². The SMILES string of the molecule is Cc1nc(-c2ccc(Cl)cn2)nc(N)c1F. The summed E-state index contributed by atoms with van der Waals surface area (Å²) in [6.45, 7) is 1.52. The molecular formula is C10H8ClFN4. The quantitative estimate of drug-likeness (QED) is 0.827. The first-order chi connectivity index (χ1) is 7.58. The highest BCUT2D eigenvalue weighted by Gasteiger charge is 2.10. The fourth-order valence-corrected chi connectivity index (χ4v) is 1.32. The largest absolute Gasteiger partial charge is 0.381 e. The normalized spacial score (nSPS) is 10.4. The Kier molecular flexibility index (Phi) is 2.70. The van der Waals surface area contributed by atoms with Crippen LogP contribution >= 0.6 is 11.6 Å².